The Labute approximate surface area is 160 Å². The molecule has 1 saturated heterocycles. The van der Waals surface area contributed by atoms with Gasteiger partial charge in [0.2, 0.25) is 0 Å². The first-order chi connectivity index (χ1) is 12.9. The van der Waals surface area contributed by atoms with Crippen LogP contribution in [0.25, 0.3) is 0 Å². The maximum atomic E-state index is 9.10. The van der Waals surface area contributed by atoms with Crippen molar-refractivity contribution in [2.45, 2.75) is 13.3 Å². The molecule has 0 radical (unpaired) electrons. The smallest absolute Gasteiger partial charge is 0.414 e. The quantitative estimate of drug-likeness (QED) is 0.508. The number of hydrogen-bond acceptors (Lipinski definition) is 6. The SMILES string of the molecule is CCc1ccccc1OCCOCCN1CCN(C)CC1.O=C(O)C(=O)O. The van der Waals surface area contributed by atoms with Crippen LogP contribution in [0, 0.1) is 0 Å². The maximum absolute atomic E-state index is 9.10. The van der Waals surface area contributed by atoms with Gasteiger partial charge >= 0.3 is 11.9 Å². The predicted octanol–water partition coefficient (Wildman–Crippen LogP) is 1.05. The number of benzene rings is 1. The molecule has 0 spiro atoms. The molecule has 1 aromatic rings. The Hall–Kier alpha value is -2.16. The van der Waals surface area contributed by atoms with E-state index < -0.39 is 11.9 Å². The number of carbonyl (C=O) groups is 2. The Balaban J connectivity index is 0.000000527. The highest BCUT2D eigenvalue weighted by molar-refractivity contribution is 6.27. The van der Waals surface area contributed by atoms with Crippen molar-refractivity contribution in [3.8, 4) is 5.75 Å². The first kappa shape index (κ1) is 22.9. The van der Waals surface area contributed by atoms with E-state index in [0.29, 0.717) is 13.2 Å². The van der Waals surface area contributed by atoms with E-state index in [9.17, 15) is 0 Å². The lowest BCUT2D eigenvalue weighted by Crippen LogP contribution is -2.45. The second-order valence-corrected chi connectivity index (χ2v) is 6.18. The largest absolute Gasteiger partial charge is 0.491 e. The summed E-state index contributed by atoms with van der Waals surface area (Å²) >= 11 is 0. The van der Waals surface area contributed by atoms with Crippen molar-refractivity contribution in [3.05, 3.63) is 29.8 Å². The minimum absolute atomic E-state index is 0.625. The third-order valence-electron chi connectivity index (χ3n) is 4.17. The summed E-state index contributed by atoms with van der Waals surface area (Å²) in [7, 11) is 2.18. The molecule has 0 unspecified atom stereocenters. The van der Waals surface area contributed by atoms with Crippen molar-refractivity contribution in [2.24, 2.45) is 0 Å². The summed E-state index contributed by atoms with van der Waals surface area (Å²) < 4.78 is 11.5. The zero-order valence-corrected chi connectivity index (χ0v) is 16.1. The molecule has 1 aliphatic rings. The van der Waals surface area contributed by atoms with E-state index in [0.717, 1.165) is 51.5 Å². The molecule has 1 heterocycles. The van der Waals surface area contributed by atoms with E-state index in [1.54, 1.807) is 0 Å². The molecule has 1 aliphatic heterocycles. The van der Waals surface area contributed by atoms with E-state index in [1.165, 1.54) is 5.56 Å². The Bertz CT molecular complexity index is 561. The second-order valence-electron chi connectivity index (χ2n) is 6.18. The molecule has 0 aromatic heterocycles. The van der Waals surface area contributed by atoms with Crippen LogP contribution in [0.15, 0.2) is 24.3 Å². The Morgan fingerprint density at radius 3 is 2.22 bits per heavy atom. The first-order valence-corrected chi connectivity index (χ1v) is 9.09. The predicted molar refractivity (Wildman–Crippen MR) is 101 cm³/mol. The van der Waals surface area contributed by atoms with E-state index in [-0.39, 0.29) is 0 Å². The van der Waals surface area contributed by atoms with Crippen LogP contribution in [0.1, 0.15) is 12.5 Å². The monoisotopic (exact) mass is 382 g/mol. The molecule has 8 nitrogen and oxygen atoms in total. The van der Waals surface area contributed by atoms with Crippen molar-refractivity contribution < 1.29 is 29.3 Å². The summed E-state index contributed by atoms with van der Waals surface area (Å²) in [6.07, 6.45) is 1.00. The fourth-order valence-corrected chi connectivity index (χ4v) is 2.51. The highest BCUT2D eigenvalue weighted by atomic mass is 16.5. The van der Waals surface area contributed by atoms with Crippen LogP contribution in [0.5, 0.6) is 5.75 Å². The van der Waals surface area contributed by atoms with Crippen LogP contribution >= 0.6 is 0 Å². The molecule has 0 bridgehead atoms. The van der Waals surface area contributed by atoms with Gasteiger partial charge in [-0.05, 0) is 25.1 Å². The van der Waals surface area contributed by atoms with Gasteiger partial charge in [0.1, 0.15) is 12.4 Å². The molecule has 0 aliphatic carbocycles. The number of nitrogens with zero attached hydrogens (tertiary/aromatic N) is 2. The molecule has 1 aromatic carbocycles. The van der Waals surface area contributed by atoms with Crippen LogP contribution in [-0.2, 0) is 20.7 Å². The number of aliphatic carboxylic acids is 2. The van der Waals surface area contributed by atoms with E-state index in [1.807, 2.05) is 12.1 Å². The van der Waals surface area contributed by atoms with Gasteiger partial charge in [-0.2, -0.15) is 0 Å². The summed E-state index contributed by atoms with van der Waals surface area (Å²) in [6, 6.07) is 8.22. The van der Waals surface area contributed by atoms with Crippen molar-refractivity contribution in [1.82, 2.24) is 9.80 Å². The third kappa shape index (κ3) is 9.93. The maximum Gasteiger partial charge on any atom is 0.414 e. The van der Waals surface area contributed by atoms with Gasteiger partial charge in [-0.3, -0.25) is 4.90 Å². The molecule has 2 N–H and O–H groups in total. The number of para-hydroxylation sites is 1. The second kappa shape index (κ2) is 13.1. The normalized spacial score (nSPS) is 14.9. The number of piperazine rings is 1. The third-order valence-corrected chi connectivity index (χ3v) is 4.17. The summed E-state index contributed by atoms with van der Waals surface area (Å²) in [5.74, 6) is -2.66. The first-order valence-electron chi connectivity index (χ1n) is 9.09. The molecule has 27 heavy (non-hydrogen) atoms. The Morgan fingerprint density at radius 1 is 1.00 bits per heavy atom. The van der Waals surface area contributed by atoms with Crippen molar-refractivity contribution >= 4 is 11.9 Å². The fourth-order valence-electron chi connectivity index (χ4n) is 2.51. The lowest BCUT2D eigenvalue weighted by atomic mass is 10.1. The lowest BCUT2D eigenvalue weighted by molar-refractivity contribution is -0.159. The van der Waals surface area contributed by atoms with Crippen molar-refractivity contribution in [1.29, 1.82) is 0 Å². The minimum atomic E-state index is -1.82. The van der Waals surface area contributed by atoms with Gasteiger partial charge in [0.15, 0.2) is 0 Å². The van der Waals surface area contributed by atoms with Crippen molar-refractivity contribution in [2.75, 3.05) is 59.6 Å². The highest BCUT2D eigenvalue weighted by Crippen LogP contribution is 2.17. The number of carboxylic acids is 2. The van der Waals surface area contributed by atoms with E-state index in [4.69, 9.17) is 29.3 Å². The van der Waals surface area contributed by atoms with Gasteiger partial charge in [-0.1, -0.05) is 25.1 Å². The van der Waals surface area contributed by atoms with Crippen LogP contribution in [-0.4, -0.2) is 91.5 Å². The number of aryl methyl sites for hydroxylation is 1. The van der Waals surface area contributed by atoms with Gasteiger partial charge in [0, 0.05) is 32.7 Å². The fraction of sp³-hybridized carbons (Fsp3) is 0.579. The number of carboxylic acid groups (broad SMARTS) is 2. The molecule has 1 fully saturated rings. The standard InChI is InChI=1S/C17H28N2O2.C2H2O4/c1-3-16-6-4-5-7-17(16)21-15-14-20-13-12-19-10-8-18(2)9-11-19;3-1(4)2(5)6/h4-7H,3,8-15H2,1-2H3;(H,3,4)(H,5,6). The van der Waals surface area contributed by atoms with Crippen molar-refractivity contribution in [3.63, 3.8) is 0 Å². The highest BCUT2D eigenvalue weighted by Gasteiger charge is 2.12. The van der Waals surface area contributed by atoms with Gasteiger partial charge in [0.25, 0.3) is 0 Å². The zero-order valence-electron chi connectivity index (χ0n) is 16.1. The molecule has 0 saturated carbocycles. The van der Waals surface area contributed by atoms with Crippen LogP contribution in [0.3, 0.4) is 0 Å². The zero-order chi connectivity index (χ0) is 20.1. The van der Waals surface area contributed by atoms with Crippen LogP contribution in [0.2, 0.25) is 0 Å². The molecular formula is C19H30N2O6. The van der Waals surface area contributed by atoms with Crippen LogP contribution < -0.4 is 4.74 Å². The summed E-state index contributed by atoms with van der Waals surface area (Å²) in [4.78, 5) is 23.0. The number of ether oxygens (including phenoxy) is 2. The van der Waals surface area contributed by atoms with Gasteiger partial charge in [0.05, 0.1) is 13.2 Å². The van der Waals surface area contributed by atoms with Gasteiger partial charge < -0.3 is 24.6 Å². The number of rotatable bonds is 8. The average molecular weight is 382 g/mol. The molecule has 0 atom stereocenters. The Kier molecular flexibility index (Phi) is 11.1. The summed E-state index contributed by atoms with van der Waals surface area (Å²) in [6.45, 7) is 9.89. The molecule has 2 rings (SSSR count). The van der Waals surface area contributed by atoms with E-state index in [2.05, 4.69) is 35.9 Å². The lowest BCUT2D eigenvalue weighted by Gasteiger charge is -2.32. The number of hydrogen-bond donors (Lipinski definition) is 2. The number of likely N-dealkylation sites (N-methyl/N-ethyl adjacent to an activating group) is 1. The minimum Gasteiger partial charge on any atom is -0.491 e. The Morgan fingerprint density at radius 2 is 1.63 bits per heavy atom. The van der Waals surface area contributed by atoms with E-state index >= 15 is 0 Å². The van der Waals surface area contributed by atoms with Gasteiger partial charge in [-0.25, -0.2) is 9.59 Å². The molecule has 152 valence electrons. The topological polar surface area (TPSA) is 99.5 Å². The molecule has 8 heteroatoms. The summed E-state index contributed by atoms with van der Waals surface area (Å²) in [5.41, 5.74) is 1.26. The molecular weight excluding hydrogens is 352 g/mol. The summed E-state index contributed by atoms with van der Waals surface area (Å²) in [5, 5.41) is 14.8. The van der Waals surface area contributed by atoms with Crippen LogP contribution in [0.4, 0.5) is 0 Å². The van der Waals surface area contributed by atoms with Gasteiger partial charge in [-0.15, -0.1) is 0 Å². The molecule has 0 amide bonds. The average Bonchev–Trinajstić information content (AvgIpc) is 2.66.